The van der Waals surface area contributed by atoms with E-state index in [1.807, 2.05) is 37.3 Å². The van der Waals surface area contributed by atoms with E-state index >= 15 is 0 Å². The predicted octanol–water partition coefficient (Wildman–Crippen LogP) is 5.70. The van der Waals surface area contributed by atoms with Crippen LogP contribution in [0.5, 0.6) is 0 Å². The molecule has 3 aromatic carbocycles. The molecule has 0 aliphatic heterocycles. The lowest BCUT2D eigenvalue weighted by Gasteiger charge is -2.17. The van der Waals surface area contributed by atoms with Crippen LogP contribution in [0.2, 0.25) is 10.0 Å². The van der Waals surface area contributed by atoms with Crippen molar-refractivity contribution in [1.82, 2.24) is 10.3 Å². The van der Waals surface area contributed by atoms with E-state index in [-0.39, 0.29) is 21.8 Å². The summed E-state index contributed by atoms with van der Waals surface area (Å²) in [6.07, 6.45) is 1.50. The molecule has 1 amide bonds. The number of carbonyl (C=O) groups excluding carboxylic acids is 1. The highest BCUT2D eigenvalue weighted by Crippen LogP contribution is 2.25. The van der Waals surface area contributed by atoms with Crippen molar-refractivity contribution in [2.24, 2.45) is 0 Å². The van der Waals surface area contributed by atoms with Crippen molar-refractivity contribution in [3.8, 4) is 0 Å². The van der Waals surface area contributed by atoms with Crippen LogP contribution in [0.1, 0.15) is 31.2 Å². The van der Waals surface area contributed by atoms with Gasteiger partial charge in [0.15, 0.2) is 5.11 Å². The molecule has 35 heavy (non-hydrogen) atoms. The maximum Gasteiger partial charge on any atom is 0.257 e. The van der Waals surface area contributed by atoms with E-state index < -0.39 is 10.0 Å². The van der Waals surface area contributed by atoms with Crippen molar-refractivity contribution >= 4 is 67.8 Å². The van der Waals surface area contributed by atoms with Gasteiger partial charge in [-0.25, -0.2) is 8.42 Å². The molecular weight excluding hydrogens is 527 g/mol. The lowest BCUT2D eigenvalue weighted by molar-refractivity contribution is -0.117. The van der Waals surface area contributed by atoms with Gasteiger partial charge in [-0.15, -0.1) is 4.83 Å². The van der Waals surface area contributed by atoms with Crippen LogP contribution < -0.4 is 20.9 Å². The molecule has 0 spiro atoms. The number of carbonyl (C=O) groups is 1. The number of halogens is 2. The minimum Gasteiger partial charge on any atom is -0.332 e. The highest BCUT2D eigenvalue weighted by atomic mass is 35.5. The monoisotopic (exact) mass is 550 g/mol. The number of rotatable bonds is 9. The highest BCUT2D eigenvalue weighted by Gasteiger charge is 2.21. The Labute approximate surface area is 220 Å². The van der Waals surface area contributed by atoms with E-state index in [0.29, 0.717) is 27.8 Å². The summed E-state index contributed by atoms with van der Waals surface area (Å²) in [5.74, 6) is -0.545. The topological polar surface area (TPSA) is 99.3 Å². The number of sulfonamides is 1. The summed E-state index contributed by atoms with van der Waals surface area (Å²) < 4.78 is 25.5. The van der Waals surface area contributed by atoms with Crippen LogP contribution in [0.15, 0.2) is 77.7 Å². The van der Waals surface area contributed by atoms with Gasteiger partial charge >= 0.3 is 0 Å². The second kappa shape index (κ2) is 12.3. The number of hydrogen-bond donors (Lipinski definition) is 4. The molecule has 0 heterocycles. The van der Waals surface area contributed by atoms with Crippen molar-refractivity contribution < 1.29 is 13.2 Å². The Morgan fingerprint density at radius 1 is 0.914 bits per heavy atom. The summed E-state index contributed by atoms with van der Waals surface area (Å²) >= 11 is 17.0. The van der Waals surface area contributed by atoms with E-state index in [0.717, 1.165) is 12.0 Å². The minimum atomic E-state index is -3.99. The van der Waals surface area contributed by atoms with Crippen LogP contribution in [0, 0.1) is 0 Å². The van der Waals surface area contributed by atoms with Crippen molar-refractivity contribution in [3.63, 3.8) is 0 Å². The number of anilines is 2. The maximum absolute atomic E-state index is 13.0. The summed E-state index contributed by atoms with van der Waals surface area (Å²) in [6, 6.07) is 20.2. The van der Waals surface area contributed by atoms with Gasteiger partial charge in [0.1, 0.15) is 0 Å². The van der Waals surface area contributed by atoms with Gasteiger partial charge in [-0.1, -0.05) is 72.9 Å². The smallest absolute Gasteiger partial charge is 0.257 e. The first kappa shape index (κ1) is 26.9. The Kier molecular flexibility index (Phi) is 9.47. The SMILES string of the molecule is CCCC(C(=O)Nc1cccc(S(=O)(=O)NNC(=S)Nc2ccc(Cl)c(Cl)c2)c1)c1ccccc1. The third-order valence-electron chi connectivity index (χ3n) is 4.98. The van der Waals surface area contributed by atoms with Crippen molar-refractivity contribution in [2.75, 3.05) is 10.6 Å². The third kappa shape index (κ3) is 7.65. The first-order chi connectivity index (χ1) is 16.7. The first-order valence-corrected chi connectivity index (χ1v) is 13.3. The number of amides is 1. The molecule has 0 aromatic heterocycles. The van der Waals surface area contributed by atoms with Gasteiger partial charge in [0, 0.05) is 11.4 Å². The lowest BCUT2D eigenvalue weighted by Crippen LogP contribution is -2.43. The molecule has 0 aliphatic carbocycles. The number of thiocarbonyl (C=S) groups is 1. The molecule has 184 valence electrons. The Hall–Kier alpha value is -2.69. The molecule has 0 saturated heterocycles. The number of hydrogen-bond acceptors (Lipinski definition) is 4. The van der Waals surface area contributed by atoms with Crippen molar-refractivity contribution in [2.45, 2.75) is 30.6 Å². The maximum atomic E-state index is 13.0. The number of benzene rings is 3. The standard InChI is InChI=1S/C24H24Cl2N4O3S2/c1-2-7-20(16-8-4-3-5-9-16)23(31)27-17-10-6-11-19(14-17)35(32,33)30-29-24(34)28-18-12-13-21(25)22(26)15-18/h3-6,8-15,20,30H,2,7H2,1H3,(H,27,31)(H2,28,29,34). The third-order valence-corrected chi connectivity index (χ3v) is 7.17. The van der Waals surface area contributed by atoms with Gasteiger partial charge < -0.3 is 10.6 Å². The fourth-order valence-corrected chi connectivity index (χ4v) is 4.73. The summed E-state index contributed by atoms with van der Waals surface area (Å²) in [5, 5.41) is 6.35. The largest absolute Gasteiger partial charge is 0.332 e. The van der Waals surface area contributed by atoms with Crippen LogP contribution >= 0.6 is 35.4 Å². The molecule has 0 fully saturated rings. The van der Waals surface area contributed by atoms with E-state index in [4.69, 9.17) is 35.4 Å². The molecule has 7 nitrogen and oxygen atoms in total. The Morgan fingerprint density at radius 2 is 1.63 bits per heavy atom. The molecule has 4 N–H and O–H groups in total. The molecule has 0 saturated carbocycles. The molecule has 1 atom stereocenters. The fourth-order valence-electron chi connectivity index (χ4n) is 3.30. The van der Waals surface area contributed by atoms with E-state index in [2.05, 4.69) is 20.9 Å². The zero-order valence-corrected chi connectivity index (χ0v) is 21.9. The second-order valence-corrected chi connectivity index (χ2v) is 10.5. The van der Waals surface area contributed by atoms with Gasteiger partial charge in [0.05, 0.1) is 20.9 Å². The Morgan fingerprint density at radius 3 is 2.31 bits per heavy atom. The van der Waals surface area contributed by atoms with Crippen LogP contribution in [0.3, 0.4) is 0 Å². The average Bonchev–Trinajstić information content (AvgIpc) is 2.84. The van der Waals surface area contributed by atoms with Gasteiger partial charge in [0.2, 0.25) is 5.91 Å². The number of nitrogens with one attached hydrogen (secondary N) is 4. The van der Waals surface area contributed by atoms with Gasteiger partial charge in [-0.3, -0.25) is 10.2 Å². The first-order valence-electron chi connectivity index (χ1n) is 10.7. The molecule has 0 bridgehead atoms. The van der Waals surface area contributed by atoms with Crippen LogP contribution in [0.25, 0.3) is 0 Å². The molecule has 0 radical (unpaired) electrons. The van der Waals surface area contributed by atoms with Crippen LogP contribution in [0.4, 0.5) is 11.4 Å². The molecule has 0 aliphatic rings. The normalized spacial score (nSPS) is 12.0. The number of hydrazine groups is 1. The molecule has 1 unspecified atom stereocenters. The molecule has 11 heteroatoms. The van der Waals surface area contributed by atoms with E-state index in [1.165, 1.54) is 12.1 Å². The van der Waals surface area contributed by atoms with E-state index in [1.54, 1.807) is 30.3 Å². The summed E-state index contributed by atoms with van der Waals surface area (Å²) in [4.78, 5) is 15.1. The zero-order chi connectivity index (χ0) is 25.4. The van der Waals surface area contributed by atoms with E-state index in [9.17, 15) is 13.2 Å². The molecule has 3 aromatic rings. The molecule has 3 rings (SSSR count). The van der Waals surface area contributed by atoms with Gasteiger partial charge in [0.25, 0.3) is 10.0 Å². The summed E-state index contributed by atoms with van der Waals surface area (Å²) in [5.41, 5.74) is 4.24. The summed E-state index contributed by atoms with van der Waals surface area (Å²) in [6.45, 7) is 2.01. The van der Waals surface area contributed by atoms with Gasteiger partial charge in [-0.05, 0) is 60.6 Å². The van der Waals surface area contributed by atoms with Crippen molar-refractivity contribution in [1.29, 1.82) is 0 Å². The van der Waals surface area contributed by atoms with Crippen LogP contribution in [-0.4, -0.2) is 19.4 Å². The lowest BCUT2D eigenvalue weighted by atomic mass is 9.93. The van der Waals surface area contributed by atoms with Crippen molar-refractivity contribution in [3.05, 3.63) is 88.4 Å². The predicted molar refractivity (Wildman–Crippen MR) is 145 cm³/mol. The van der Waals surface area contributed by atoms with Gasteiger partial charge in [-0.2, -0.15) is 0 Å². The van der Waals surface area contributed by atoms with Crippen LogP contribution in [-0.2, 0) is 14.8 Å². The fraction of sp³-hybridized carbons (Fsp3) is 0.167. The second-order valence-electron chi connectivity index (χ2n) is 7.58. The minimum absolute atomic E-state index is 0.00156. The highest BCUT2D eigenvalue weighted by molar-refractivity contribution is 7.89. The Bertz CT molecular complexity index is 1310. The average molecular weight is 552 g/mol. The zero-order valence-electron chi connectivity index (χ0n) is 18.7. The molecular formula is C24H24Cl2N4O3S2. The quantitative estimate of drug-likeness (QED) is 0.201. The Balaban J connectivity index is 1.65. The summed E-state index contributed by atoms with van der Waals surface area (Å²) in [7, 11) is -3.99.